The molecule has 3 nitrogen and oxygen atoms in total. The van der Waals surface area contributed by atoms with E-state index < -0.39 is 0 Å². The molecule has 2 aromatic rings. The number of nitrogens with zero attached hydrogens (tertiary/aromatic N) is 2. The maximum atomic E-state index is 6.34. The van der Waals surface area contributed by atoms with Gasteiger partial charge in [0.25, 0.3) is 0 Å². The van der Waals surface area contributed by atoms with E-state index >= 15 is 0 Å². The highest BCUT2D eigenvalue weighted by molar-refractivity contribution is 6.32. The van der Waals surface area contributed by atoms with Crippen LogP contribution in [0.25, 0.3) is 0 Å². The molecule has 0 fully saturated rings. The molecule has 0 aliphatic rings. The number of benzene rings is 1. The zero-order valence-corrected chi connectivity index (χ0v) is 13.2. The lowest BCUT2D eigenvalue weighted by Crippen LogP contribution is -2.26. The van der Waals surface area contributed by atoms with Crippen molar-refractivity contribution in [3.8, 4) is 0 Å². The quantitative estimate of drug-likeness (QED) is 0.919. The molecule has 0 amide bonds. The minimum absolute atomic E-state index is 0.00813. The fourth-order valence-corrected chi connectivity index (χ4v) is 2.78. The lowest BCUT2D eigenvalue weighted by atomic mass is 10.0. The van der Waals surface area contributed by atoms with Gasteiger partial charge in [0.05, 0.1) is 16.4 Å². The van der Waals surface area contributed by atoms with Gasteiger partial charge in [-0.2, -0.15) is 5.10 Å². The van der Waals surface area contributed by atoms with Crippen molar-refractivity contribution in [3.63, 3.8) is 0 Å². The van der Waals surface area contributed by atoms with Crippen LogP contribution in [0.15, 0.2) is 24.3 Å². The van der Waals surface area contributed by atoms with E-state index in [4.69, 9.17) is 28.9 Å². The molecule has 0 bridgehead atoms. The first-order valence-corrected chi connectivity index (χ1v) is 7.47. The number of nitrogens with two attached hydrogens (primary N) is 1. The second-order valence-electron chi connectivity index (χ2n) is 4.98. The van der Waals surface area contributed by atoms with Gasteiger partial charge >= 0.3 is 0 Å². The molecule has 2 rings (SSSR count). The molecule has 0 saturated carbocycles. The van der Waals surface area contributed by atoms with Crippen molar-refractivity contribution in [1.82, 2.24) is 9.78 Å². The van der Waals surface area contributed by atoms with Crippen LogP contribution in [-0.4, -0.2) is 15.8 Å². The normalized spacial score (nSPS) is 12.7. The summed E-state index contributed by atoms with van der Waals surface area (Å²) in [4.78, 5) is 0. The molecule has 20 heavy (non-hydrogen) atoms. The smallest absolute Gasteiger partial charge is 0.0850 e. The minimum Gasteiger partial charge on any atom is -0.327 e. The lowest BCUT2D eigenvalue weighted by molar-refractivity contribution is 0.612. The van der Waals surface area contributed by atoms with Crippen LogP contribution in [0.2, 0.25) is 10.0 Å². The Morgan fingerprint density at radius 2 is 1.85 bits per heavy atom. The molecule has 0 saturated heterocycles. The van der Waals surface area contributed by atoms with Gasteiger partial charge in [0.2, 0.25) is 0 Å². The molecule has 0 spiro atoms. The summed E-state index contributed by atoms with van der Waals surface area (Å²) < 4.78 is 1.84. The zero-order valence-electron chi connectivity index (χ0n) is 11.7. The number of rotatable bonds is 5. The highest BCUT2D eigenvalue weighted by atomic mass is 35.5. The maximum Gasteiger partial charge on any atom is 0.0850 e. The monoisotopic (exact) mass is 311 g/mol. The van der Waals surface area contributed by atoms with Crippen LogP contribution in [0.4, 0.5) is 0 Å². The number of aromatic nitrogens is 2. The van der Waals surface area contributed by atoms with E-state index in [0.717, 1.165) is 34.3 Å². The zero-order chi connectivity index (χ0) is 14.7. The Morgan fingerprint density at radius 1 is 1.20 bits per heavy atom. The molecule has 1 aromatic carbocycles. The van der Waals surface area contributed by atoms with E-state index in [1.54, 1.807) is 0 Å². The third kappa shape index (κ3) is 3.54. The number of aryl methyl sites for hydroxylation is 2. The first-order chi connectivity index (χ1) is 9.51. The Morgan fingerprint density at radius 3 is 2.40 bits per heavy atom. The van der Waals surface area contributed by atoms with Gasteiger partial charge in [0.15, 0.2) is 0 Å². The van der Waals surface area contributed by atoms with Crippen LogP contribution in [0.3, 0.4) is 0 Å². The van der Waals surface area contributed by atoms with E-state index in [0.29, 0.717) is 6.42 Å². The van der Waals surface area contributed by atoms with Crippen molar-refractivity contribution < 1.29 is 0 Å². The van der Waals surface area contributed by atoms with Crippen molar-refractivity contribution >= 4 is 23.2 Å². The van der Waals surface area contributed by atoms with Crippen LogP contribution in [0.5, 0.6) is 0 Å². The Hall–Kier alpha value is -1.03. The average Bonchev–Trinajstić information content (AvgIpc) is 2.69. The van der Waals surface area contributed by atoms with Crippen LogP contribution in [0, 0.1) is 0 Å². The average molecular weight is 312 g/mol. The summed E-state index contributed by atoms with van der Waals surface area (Å²) in [5, 5.41) is 5.90. The van der Waals surface area contributed by atoms with Crippen molar-refractivity contribution in [1.29, 1.82) is 0 Å². The van der Waals surface area contributed by atoms with Crippen LogP contribution < -0.4 is 5.73 Å². The third-order valence-electron chi connectivity index (χ3n) is 3.37. The Kier molecular flexibility index (Phi) is 5.08. The van der Waals surface area contributed by atoms with Crippen LogP contribution in [-0.2, 0) is 26.3 Å². The van der Waals surface area contributed by atoms with E-state index in [2.05, 4.69) is 5.10 Å². The van der Waals surface area contributed by atoms with Gasteiger partial charge in [-0.25, -0.2) is 0 Å². The summed E-state index contributed by atoms with van der Waals surface area (Å²) in [5.41, 5.74) is 9.35. The summed E-state index contributed by atoms with van der Waals surface area (Å²) in [5.74, 6) is 0. The summed E-state index contributed by atoms with van der Waals surface area (Å²) in [6.45, 7) is 2.05. The third-order valence-corrected chi connectivity index (χ3v) is 4.06. The van der Waals surface area contributed by atoms with Crippen molar-refractivity contribution in [3.05, 3.63) is 51.3 Å². The summed E-state index contributed by atoms with van der Waals surface area (Å²) >= 11 is 12.2. The molecule has 1 atom stereocenters. The molecule has 1 heterocycles. The predicted molar refractivity (Wildman–Crippen MR) is 84.4 cm³/mol. The number of hydrogen-bond donors (Lipinski definition) is 1. The first kappa shape index (κ1) is 15.4. The Bertz CT molecular complexity index is 576. The molecular formula is C15H19Cl2N3. The topological polar surface area (TPSA) is 43.8 Å². The SMILES string of the molecule is CCc1nn(C)c(CC(N)Cc2ccc(Cl)cc2)c1Cl. The number of hydrogen-bond acceptors (Lipinski definition) is 2. The molecule has 5 heteroatoms. The molecule has 0 aliphatic heterocycles. The van der Waals surface area contributed by atoms with Gasteiger partial charge in [0, 0.05) is 24.5 Å². The van der Waals surface area contributed by atoms with Crippen LogP contribution >= 0.6 is 23.2 Å². The fourth-order valence-electron chi connectivity index (χ4n) is 2.29. The van der Waals surface area contributed by atoms with Crippen LogP contribution in [0.1, 0.15) is 23.9 Å². The molecule has 2 N–H and O–H groups in total. The second kappa shape index (κ2) is 6.61. The Balaban J connectivity index is 2.06. The Labute approximate surface area is 129 Å². The molecule has 1 aromatic heterocycles. The standard InChI is InChI=1S/C15H19Cl2N3/c1-3-13-15(17)14(20(2)19-13)9-12(18)8-10-4-6-11(16)7-5-10/h4-7,12H,3,8-9,18H2,1-2H3. The van der Waals surface area contributed by atoms with E-state index in [1.165, 1.54) is 5.56 Å². The van der Waals surface area contributed by atoms with Crippen molar-refractivity contribution in [2.24, 2.45) is 12.8 Å². The van der Waals surface area contributed by atoms with Gasteiger partial charge in [0.1, 0.15) is 0 Å². The van der Waals surface area contributed by atoms with Gasteiger partial charge < -0.3 is 5.73 Å². The number of halogens is 2. The maximum absolute atomic E-state index is 6.34. The molecule has 0 aliphatic carbocycles. The van der Waals surface area contributed by atoms with E-state index in [9.17, 15) is 0 Å². The van der Waals surface area contributed by atoms with Crippen molar-refractivity contribution in [2.75, 3.05) is 0 Å². The highest BCUT2D eigenvalue weighted by Crippen LogP contribution is 2.22. The van der Waals surface area contributed by atoms with Gasteiger partial charge in [-0.1, -0.05) is 42.3 Å². The fraction of sp³-hybridized carbons (Fsp3) is 0.400. The van der Waals surface area contributed by atoms with Gasteiger partial charge in [-0.05, 0) is 30.5 Å². The van der Waals surface area contributed by atoms with Gasteiger partial charge in [-0.3, -0.25) is 4.68 Å². The summed E-state index contributed by atoms with van der Waals surface area (Å²) in [6.07, 6.45) is 2.34. The highest BCUT2D eigenvalue weighted by Gasteiger charge is 2.16. The summed E-state index contributed by atoms with van der Waals surface area (Å²) in [6, 6.07) is 7.79. The predicted octanol–water partition coefficient (Wildman–Crippen LogP) is 3.40. The van der Waals surface area contributed by atoms with E-state index in [-0.39, 0.29) is 6.04 Å². The largest absolute Gasteiger partial charge is 0.327 e. The summed E-state index contributed by atoms with van der Waals surface area (Å²) in [7, 11) is 1.91. The van der Waals surface area contributed by atoms with Crippen molar-refractivity contribution in [2.45, 2.75) is 32.2 Å². The molecule has 1 unspecified atom stereocenters. The second-order valence-corrected chi connectivity index (χ2v) is 5.79. The van der Waals surface area contributed by atoms with Gasteiger partial charge in [-0.15, -0.1) is 0 Å². The minimum atomic E-state index is 0.00813. The first-order valence-electron chi connectivity index (χ1n) is 6.71. The molecule has 0 radical (unpaired) electrons. The molecular weight excluding hydrogens is 293 g/mol. The van der Waals surface area contributed by atoms with E-state index in [1.807, 2.05) is 42.9 Å². The lowest BCUT2D eigenvalue weighted by Gasteiger charge is -2.12. The molecule has 108 valence electrons.